The lowest BCUT2D eigenvalue weighted by Crippen LogP contribution is -2.14. The van der Waals surface area contributed by atoms with Crippen molar-refractivity contribution >= 4 is 15.7 Å². The van der Waals surface area contributed by atoms with Crippen LogP contribution in [0.3, 0.4) is 0 Å². The molecule has 0 radical (unpaired) electrons. The summed E-state index contributed by atoms with van der Waals surface area (Å²) in [6, 6.07) is 3.79. The first-order chi connectivity index (χ1) is 12.2. The Morgan fingerprint density at radius 3 is 2.50 bits per heavy atom. The minimum Gasteiger partial charge on any atom is -0.494 e. The summed E-state index contributed by atoms with van der Waals surface area (Å²) < 4.78 is 52.3. The summed E-state index contributed by atoms with van der Waals surface area (Å²) in [5.41, 5.74) is 1.31. The summed E-state index contributed by atoms with van der Waals surface area (Å²) >= 11 is 0. The molecule has 2 aromatic heterocycles. The van der Waals surface area contributed by atoms with Gasteiger partial charge in [0.05, 0.1) is 18.4 Å². The topological polar surface area (TPSA) is 110 Å². The maximum absolute atomic E-state index is 13.9. The number of hydrogen-bond acceptors (Lipinski definition) is 6. The lowest BCUT2D eigenvalue weighted by molar-refractivity contribution is 0.386. The minimum absolute atomic E-state index is 0.0173. The molecule has 0 bridgehead atoms. The number of H-pyrrole nitrogens is 1. The van der Waals surface area contributed by atoms with Crippen molar-refractivity contribution in [1.82, 2.24) is 15.2 Å². The number of ether oxygens (including phenoxy) is 1. The van der Waals surface area contributed by atoms with E-state index in [4.69, 9.17) is 9.15 Å². The molecule has 0 atom stereocenters. The van der Waals surface area contributed by atoms with E-state index >= 15 is 0 Å². The van der Waals surface area contributed by atoms with Gasteiger partial charge in [-0.3, -0.25) is 4.72 Å². The van der Waals surface area contributed by atoms with Gasteiger partial charge in [0.2, 0.25) is 5.89 Å². The maximum Gasteiger partial charge on any atom is 0.264 e. The number of sulfonamides is 1. The highest BCUT2D eigenvalue weighted by Crippen LogP contribution is 2.34. The number of anilines is 1. The molecule has 8 nitrogen and oxygen atoms in total. The fourth-order valence-electron chi connectivity index (χ4n) is 2.69. The number of halogens is 1. The largest absolute Gasteiger partial charge is 0.494 e. The summed E-state index contributed by atoms with van der Waals surface area (Å²) in [4.78, 5) is 2.93. The Kier molecular flexibility index (Phi) is 4.45. The molecule has 0 aliphatic heterocycles. The quantitative estimate of drug-likeness (QED) is 0.704. The van der Waals surface area contributed by atoms with Crippen molar-refractivity contribution in [3.05, 3.63) is 41.3 Å². The van der Waals surface area contributed by atoms with Crippen molar-refractivity contribution < 1.29 is 22.0 Å². The molecular weight excluding hydrogens is 363 g/mol. The highest BCUT2D eigenvalue weighted by atomic mass is 32.2. The highest BCUT2D eigenvalue weighted by molar-refractivity contribution is 7.93. The molecule has 0 aliphatic carbocycles. The van der Waals surface area contributed by atoms with Crippen molar-refractivity contribution in [3.8, 4) is 17.2 Å². The van der Waals surface area contributed by atoms with Crippen LogP contribution in [0, 0.1) is 26.6 Å². The number of aromatic amines is 1. The van der Waals surface area contributed by atoms with Crippen LogP contribution < -0.4 is 9.46 Å². The minimum atomic E-state index is -4.05. The molecule has 1 aromatic carbocycles. The van der Waals surface area contributed by atoms with Crippen LogP contribution >= 0.6 is 0 Å². The third-order valence-electron chi connectivity index (χ3n) is 3.73. The Morgan fingerprint density at radius 2 is 1.92 bits per heavy atom. The number of aryl methyl sites for hydroxylation is 3. The second-order valence-electron chi connectivity index (χ2n) is 5.66. The zero-order valence-electron chi connectivity index (χ0n) is 14.5. The van der Waals surface area contributed by atoms with Crippen molar-refractivity contribution in [3.63, 3.8) is 0 Å². The standard InChI is InChI=1S/C16H17FN4O4S/c1-8-14(16-20-19-10(3)25-16)15(9(2)18-8)26(22,23)21-11-5-6-13(24-4)12(17)7-11/h5-7,18,21H,1-4H3. The van der Waals surface area contributed by atoms with Crippen LogP contribution in [0.1, 0.15) is 17.3 Å². The first-order valence-corrected chi connectivity index (χ1v) is 9.07. The van der Waals surface area contributed by atoms with Crippen LogP contribution in [0.4, 0.5) is 10.1 Å². The molecule has 10 heteroatoms. The fourth-order valence-corrected chi connectivity index (χ4v) is 4.19. The SMILES string of the molecule is COc1ccc(NS(=O)(=O)c2c(C)[nH]c(C)c2-c2nnc(C)o2)cc1F. The van der Waals surface area contributed by atoms with Crippen LogP contribution in [0.5, 0.6) is 5.75 Å². The third kappa shape index (κ3) is 3.15. The second-order valence-corrected chi connectivity index (χ2v) is 7.28. The number of aromatic nitrogens is 3. The van der Waals surface area contributed by atoms with Crippen LogP contribution in [0.25, 0.3) is 11.5 Å². The van der Waals surface area contributed by atoms with Crippen LogP contribution in [-0.2, 0) is 10.0 Å². The average Bonchev–Trinajstić information content (AvgIpc) is 3.10. The molecule has 0 unspecified atom stereocenters. The molecule has 3 rings (SSSR count). The summed E-state index contributed by atoms with van der Waals surface area (Å²) in [6.45, 7) is 4.93. The van der Waals surface area contributed by atoms with Gasteiger partial charge in [-0.15, -0.1) is 10.2 Å². The first kappa shape index (κ1) is 17.9. The maximum atomic E-state index is 13.9. The van der Waals surface area contributed by atoms with Gasteiger partial charge in [0.25, 0.3) is 15.9 Å². The molecule has 0 saturated heterocycles. The predicted molar refractivity (Wildman–Crippen MR) is 92.1 cm³/mol. The molecule has 2 N–H and O–H groups in total. The molecule has 0 fully saturated rings. The Labute approximate surface area is 149 Å². The monoisotopic (exact) mass is 380 g/mol. The number of rotatable bonds is 5. The van der Waals surface area contributed by atoms with Crippen molar-refractivity contribution in [1.29, 1.82) is 0 Å². The van der Waals surface area contributed by atoms with Gasteiger partial charge in [-0.25, -0.2) is 12.8 Å². The van der Waals surface area contributed by atoms with Crippen LogP contribution in [0.15, 0.2) is 27.5 Å². The summed E-state index contributed by atoms with van der Waals surface area (Å²) in [5.74, 6) is -0.261. The number of methoxy groups -OCH3 is 1. The van der Waals surface area contributed by atoms with Gasteiger partial charge in [-0.2, -0.15) is 0 Å². The third-order valence-corrected chi connectivity index (χ3v) is 5.28. The van der Waals surface area contributed by atoms with Gasteiger partial charge in [-0.1, -0.05) is 0 Å². The van der Waals surface area contributed by atoms with Gasteiger partial charge < -0.3 is 14.1 Å². The molecule has 0 amide bonds. The summed E-state index contributed by atoms with van der Waals surface area (Å²) in [6.07, 6.45) is 0. The van der Waals surface area contributed by atoms with E-state index < -0.39 is 15.8 Å². The van der Waals surface area contributed by atoms with E-state index in [0.717, 1.165) is 6.07 Å². The molecule has 26 heavy (non-hydrogen) atoms. The molecular formula is C16H17FN4O4S. The van der Waals surface area contributed by atoms with Gasteiger partial charge in [0, 0.05) is 24.4 Å². The van der Waals surface area contributed by atoms with E-state index in [0.29, 0.717) is 17.3 Å². The van der Waals surface area contributed by atoms with Gasteiger partial charge in [0.15, 0.2) is 11.6 Å². The smallest absolute Gasteiger partial charge is 0.264 e. The molecule has 2 heterocycles. The molecule has 3 aromatic rings. The molecule has 0 saturated carbocycles. The number of nitrogens with zero attached hydrogens (tertiary/aromatic N) is 2. The fraction of sp³-hybridized carbons (Fsp3) is 0.250. The average molecular weight is 380 g/mol. The normalized spacial score (nSPS) is 11.6. The highest BCUT2D eigenvalue weighted by Gasteiger charge is 2.29. The van der Waals surface area contributed by atoms with E-state index in [2.05, 4.69) is 19.9 Å². The van der Waals surface area contributed by atoms with E-state index in [9.17, 15) is 12.8 Å². The van der Waals surface area contributed by atoms with Gasteiger partial charge in [0.1, 0.15) is 4.90 Å². The van der Waals surface area contributed by atoms with Gasteiger partial charge >= 0.3 is 0 Å². The van der Waals surface area contributed by atoms with E-state index in [1.54, 1.807) is 20.8 Å². The van der Waals surface area contributed by atoms with Crippen LogP contribution in [-0.4, -0.2) is 30.7 Å². The molecule has 138 valence electrons. The predicted octanol–water partition coefficient (Wildman–Crippen LogP) is 2.94. The van der Waals surface area contributed by atoms with Crippen molar-refractivity contribution in [2.45, 2.75) is 25.7 Å². The number of benzene rings is 1. The Bertz CT molecular complexity index is 1070. The summed E-state index contributed by atoms with van der Waals surface area (Å²) in [5, 5.41) is 7.64. The zero-order valence-corrected chi connectivity index (χ0v) is 15.4. The van der Waals surface area contributed by atoms with Crippen LogP contribution in [0.2, 0.25) is 0 Å². The Balaban J connectivity index is 2.06. The second kappa shape index (κ2) is 6.45. The zero-order chi connectivity index (χ0) is 19.1. The van der Waals surface area contributed by atoms with E-state index in [1.165, 1.54) is 19.2 Å². The van der Waals surface area contributed by atoms with E-state index in [1.807, 2.05) is 0 Å². The summed E-state index contributed by atoms with van der Waals surface area (Å²) in [7, 11) is -2.72. The number of hydrogen-bond donors (Lipinski definition) is 2. The molecule has 0 spiro atoms. The Morgan fingerprint density at radius 1 is 1.19 bits per heavy atom. The van der Waals surface area contributed by atoms with Crippen molar-refractivity contribution in [2.24, 2.45) is 0 Å². The number of nitrogens with one attached hydrogen (secondary N) is 2. The van der Waals surface area contributed by atoms with E-state index in [-0.39, 0.29) is 27.8 Å². The van der Waals surface area contributed by atoms with Crippen molar-refractivity contribution in [2.75, 3.05) is 11.8 Å². The Hall–Kier alpha value is -2.88. The lowest BCUT2D eigenvalue weighted by atomic mass is 10.2. The molecule has 0 aliphatic rings. The first-order valence-electron chi connectivity index (χ1n) is 7.59. The van der Waals surface area contributed by atoms with Gasteiger partial charge in [-0.05, 0) is 26.0 Å². The lowest BCUT2D eigenvalue weighted by Gasteiger charge is -2.10.